The van der Waals surface area contributed by atoms with E-state index in [9.17, 15) is 9.59 Å². The maximum Gasteiger partial charge on any atom is 0.319 e. The summed E-state index contributed by atoms with van der Waals surface area (Å²) in [5, 5.41) is 2.87. The van der Waals surface area contributed by atoms with Gasteiger partial charge in [-0.15, -0.1) is 0 Å². The first kappa shape index (κ1) is 51.9. The summed E-state index contributed by atoms with van der Waals surface area (Å²) in [5.74, 6) is -1.52. The van der Waals surface area contributed by atoms with Crippen LogP contribution in [0.1, 0.15) is 233 Å². The van der Waals surface area contributed by atoms with Crippen molar-refractivity contribution in [2.24, 2.45) is 0 Å². The molecule has 2 aliphatic rings. The summed E-state index contributed by atoms with van der Waals surface area (Å²) in [4.78, 5) is 24.5. The van der Waals surface area contributed by atoms with Gasteiger partial charge in [-0.1, -0.05) is 143 Å². The van der Waals surface area contributed by atoms with E-state index in [1.165, 1.54) is 128 Å². The lowest BCUT2D eigenvalue weighted by Gasteiger charge is -2.28. The van der Waals surface area contributed by atoms with E-state index in [-0.39, 0.29) is 37.2 Å². The molecule has 0 aromatic carbocycles. The van der Waals surface area contributed by atoms with Crippen molar-refractivity contribution in [1.82, 2.24) is 5.32 Å². The van der Waals surface area contributed by atoms with Crippen LogP contribution in [0.25, 0.3) is 0 Å². The second kappa shape index (κ2) is 34.5. The molecule has 0 radical (unpaired) electrons. The van der Waals surface area contributed by atoms with Crippen LogP contribution in [0.5, 0.6) is 0 Å². The molecule has 2 aliphatic heterocycles. The van der Waals surface area contributed by atoms with Crippen molar-refractivity contribution in [3.05, 3.63) is 0 Å². The summed E-state index contributed by atoms with van der Waals surface area (Å²) in [7, 11) is 0. The highest BCUT2D eigenvalue weighted by atomic mass is 16.7. The molecule has 57 heavy (non-hydrogen) atoms. The van der Waals surface area contributed by atoms with Crippen molar-refractivity contribution in [3.8, 4) is 0 Å². The van der Waals surface area contributed by atoms with E-state index in [0.29, 0.717) is 26.4 Å². The number of carbonyl (C=O) groups excluding carboxylic acids is 2. The Hall–Kier alpha value is -1.26. The summed E-state index contributed by atoms with van der Waals surface area (Å²) >= 11 is 0. The maximum absolute atomic E-state index is 12.3. The molecule has 0 spiro atoms. The fourth-order valence-corrected chi connectivity index (χ4v) is 8.33. The molecule has 0 bridgehead atoms. The van der Waals surface area contributed by atoms with Crippen LogP contribution in [0.4, 0.5) is 0 Å². The van der Waals surface area contributed by atoms with Crippen molar-refractivity contribution in [3.63, 3.8) is 0 Å². The van der Waals surface area contributed by atoms with Crippen LogP contribution in [0.15, 0.2) is 0 Å². The number of hydrogen-bond donors (Lipinski definition) is 1. The Morgan fingerprint density at radius 2 is 0.772 bits per heavy atom. The number of esters is 2. The van der Waals surface area contributed by atoms with E-state index in [0.717, 1.165) is 77.0 Å². The van der Waals surface area contributed by atoms with E-state index < -0.39 is 11.6 Å². The minimum absolute atomic E-state index is 0.00803. The molecule has 9 nitrogen and oxygen atoms in total. The Kier molecular flexibility index (Phi) is 31.4. The Balaban J connectivity index is 1.52. The Labute approximate surface area is 350 Å². The molecular formula is C48H91NO8. The van der Waals surface area contributed by atoms with E-state index in [2.05, 4.69) is 33.0 Å². The highest BCUT2D eigenvalue weighted by Crippen LogP contribution is 2.37. The lowest BCUT2D eigenvalue weighted by Crippen LogP contribution is -2.31. The maximum atomic E-state index is 12.3. The Bertz CT molecular complexity index is 893. The number of nitrogens with one attached hydrogen (secondary N) is 1. The lowest BCUT2D eigenvalue weighted by atomic mass is 9.99. The molecular weight excluding hydrogens is 719 g/mol. The molecule has 1 N–H and O–H groups in total. The molecule has 2 heterocycles. The molecule has 0 aromatic rings. The summed E-state index contributed by atoms with van der Waals surface area (Å²) in [6.07, 6.45) is 37.3. The van der Waals surface area contributed by atoms with Gasteiger partial charge < -0.3 is 28.4 Å². The predicted octanol–water partition coefficient (Wildman–Crippen LogP) is 12.4. The second-order valence-corrected chi connectivity index (χ2v) is 17.3. The van der Waals surface area contributed by atoms with E-state index >= 15 is 0 Å². The molecule has 2 saturated heterocycles. The zero-order chi connectivity index (χ0) is 41.1. The fraction of sp³-hybridized carbons (Fsp3) is 0.958. The quantitative estimate of drug-likeness (QED) is 0.0479. The largest absolute Gasteiger partial charge is 0.465 e. The fourth-order valence-electron chi connectivity index (χ4n) is 8.33. The predicted molar refractivity (Wildman–Crippen MR) is 232 cm³/mol. The van der Waals surface area contributed by atoms with Crippen LogP contribution >= 0.6 is 0 Å². The van der Waals surface area contributed by atoms with Gasteiger partial charge in [0.1, 0.15) is 0 Å². The summed E-state index contributed by atoms with van der Waals surface area (Å²) in [6, 6.07) is 0. The highest BCUT2D eigenvalue weighted by molar-refractivity contribution is 5.74. The number of unbranched alkanes of at least 4 members (excludes halogenated alkanes) is 20. The Morgan fingerprint density at radius 1 is 0.456 bits per heavy atom. The smallest absolute Gasteiger partial charge is 0.319 e. The minimum atomic E-state index is -0.408. The molecule has 2 fully saturated rings. The third-order valence-corrected chi connectivity index (χ3v) is 11.9. The van der Waals surface area contributed by atoms with Crippen LogP contribution in [0, 0.1) is 0 Å². The highest BCUT2D eigenvalue weighted by Gasteiger charge is 2.41. The van der Waals surface area contributed by atoms with Gasteiger partial charge in [0.15, 0.2) is 11.6 Å². The molecule has 4 unspecified atom stereocenters. The SMILES string of the molecule is CCCCCCCCCC1(CCCCCC)OCC(CCCCOC(=O)CNCC(=O)OCCCCC2COC(CCCCCC)(CCCCCCCCC)O2)O1. The number of hydrogen-bond acceptors (Lipinski definition) is 9. The van der Waals surface area contributed by atoms with Crippen molar-refractivity contribution >= 4 is 11.9 Å². The molecule has 0 saturated carbocycles. The van der Waals surface area contributed by atoms with Crippen LogP contribution in [-0.2, 0) is 38.0 Å². The molecule has 0 aromatic heterocycles. The summed E-state index contributed by atoms with van der Waals surface area (Å²) < 4.78 is 36.8. The van der Waals surface area contributed by atoms with Crippen molar-refractivity contribution in [2.45, 2.75) is 257 Å². The first-order valence-corrected chi connectivity index (χ1v) is 24.5. The van der Waals surface area contributed by atoms with Gasteiger partial charge in [-0.25, -0.2) is 0 Å². The van der Waals surface area contributed by atoms with Gasteiger partial charge in [-0.3, -0.25) is 14.9 Å². The molecule has 9 heteroatoms. The summed E-state index contributed by atoms with van der Waals surface area (Å²) in [5.41, 5.74) is 0. The average Bonchev–Trinajstić information content (AvgIpc) is 3.81. The van der Waals surface area contributed by atoms with Gasteiger partial charge in [0.25, 0.3) is 0 Å². The second-order valence-electron chi connectivity index (χ2n) is 17.3. The lowest BCUT2D eigenvalue weighted by molar-refractivity contribution is -0.180. The van der Waals surface area contributed by atoms with Crippen molar-refractivity contribution in [1.29, 1.82) is 0 Å². The van der Waals surface area contributed by atoms with Crippen molar-refractivity contribution in [2.75, 3.05) is 39.5 Å². The molecule has 2 rings (SSSR count). The molecule has 336 valence electrons. The van der Waals surface area contributed by atoms with E-state index in [1.54, 1.807) is 0 Å². The standard InChI is InChI=1S/C48H91NO8/c1-5-9-13-17-19-21-27-35-47(33-25-15-11-7-3)54-41-43(56-47)31-23-29-37-52-45(50)39-49-40-46(51)53-38-30-24-32-44-42-55-48(57-44,34-26-16-12-8-4)36-28-22-20-18-14-10-6-2/h43-44,49H,5-42H2,1-4H3. The monoisotopic (exact) mass is 810 g/mol. The number of rotatable bonds is 40. The van der Waals surface area contributed by atoms with Gasteiger partial charge in [0.05, 0.1) is 51.7 Å². The van der Waals surface area contributed by atoms with Crippen LogP contribution < -0.4 is 5.32 Å². The third-order valence-electron chi connectivity index (χ3n) is 11.9. The van der Waals surface area contributed by atoms with E-state index in [4.69, 9.17) is 28.4 Å². The zero-order valence-corrected chi connectivity index (χ0v) is 37.8. The van der Waals surface area contributed by atoms with Crippen LogP contribution in [0.2, 0.25) is 0 Å². The number of carbonyl (C=O) groups is 2. The van der Waals surface area contributed by atoms with Crippen LogP contribution in [0.3, 0.4) is 0 Å². The topological polar surface area (TPSA) is 102 Å². The molecule has 4 atom stereocenters. The van der Waals surface area contributed by atoms with Gasteiger partial charge in [-0.2, -0.15) is 0 Å². The normalized spacial score (nSPS) is 22.0. The first-order valence-electron chi connectivity index (χ1n) is 24.5. The summed E-state index contributed by atoms with van der Waals surface area (Å²) in [6.45, 7) is 11.1. The van der Waals surface area contributed by atoms with Gasteiger partial charge >= 0.3 is 11.9 Å². The van der Waals surface area contributed by atoms with Gasteiger partial charge in [0, 0.05) is 25.7 Å². The zero-order valence-electron chi connectivity index (χ0n) is 37.8. The third kappa shape index (κ3) is 25.9. The first-order chi connectivity index (χ1) is 27.9. The average molecular weight is 810 g/mol. The van der Waals surface area contributed by atoms with Crippen molar-refractivity contribution < 1.29 is 38.0 Å². The minimum Gasteiger partial charge on any atom is -0.465 e. The van der Waals surface area contributed by atoms with Gasteiger partial charge in [0.2, 0.25) is 0 Å². The van der Waals surface area contributed by atoms with E-state index in [1.807, 2.05) is 0 Å². The molecule has 0 amide bonds. The van der Waals surface area contributed by atoms with Gasteiger partial charge in [-0.05, 0) is 64.2 Å². The Morgan fingerprint density at radius 3 is 1.12 bits per heavy atom. The van der Waals surface area contributed by atoms with Crippen LogP contribution in [-0.4, -0.2) is 75.2 Å². The number of ether oxygens (including phenoxy) is 6. The molecule has 0 aliphatic carbocycles.